The van der Waals surface area contributed by atoms with Gasteiger partial charge in [0.2, 0.25) is 5.91 Å². The highest BCUT2D eigenvalue weighted by molar-refractivity contribution is 5.93. The van der Waals surface area contributed by atoms with Crippen LogP contribution < -0.4 is 5.32 Å². The number of carbonyl (C=O) groups excluding carboxylic acids is 1. The summed E-state index contributed by atoms with van der Waals surface area (Å²) in [5, 5.41) is 2.40. The number of para-hydroxylation sites is 1. The molecule has 0 saturated heterocycles. The summed E-state index contributed by atoms with van der Waals surface area (Å²) in [5.41, 5.74) is 2.18. The summed E-state index contributed by atoms with van der Waals surface area (Å²) in [5.74, 6) is -0.477. The van der Waals surface area contributed by atoms with E-state index >= 15 is 0 Å². The Labute approximate surface area is 174 Å². The zero-order chi connectivity index (χ0) is 21.6. The van der Waals surface area contributed by atoms with Crippen molar-refractivity contribution < 1.29 is 18.0 Å². The van der Waals surface area contributed by atoms with Crippen LogP contribution in [0.5, 0.6) is 0 Å². The van der Waals surface area contributed by atoms with Gasteiger partial charge in [-0.2, -0.15) is 13.2 Å². The molecular formula is C24H23F3N2O. The topological polar surface area (TPSA) is 32.3 Å². The van der Waals surface area contributed by atoms with Gasteiger partial charge in [-0.25, -0.2) is 0 Å². The van der Waals surface area contributed by atoms with Gasteiger partial charge in [0, 0.05) is 6.54 Å². The van der Waals surface area contributed by atoms with Crippen molar-refractivity contribution in [2.45, 2.75) is 19.6 Å². The van der Waals surface area contributed by atoms with Crippen molar-refractivity contribution in [2.75, 3.05) is 18.4 Å². The summed E-state index contributed by atoms with van der Waals surface area (Å²) < 4.78 is 39.3. The molecule has 0 unspecified atom stereocenters. The number of anilines is 1. The zero-order valence-electron chi connectivity index (χ0n) is 16.6. The quantitative estimate of drug-likeness (QED) is 0.529. The number of carbonyl (C=O) groups is 1. The molecule has 3 rings (SSSR count). The lowest BCUT2D eigenvalue weighted by Crippen LogP contribution is -2.33. The Morgan fingerprint density at radius 3 is 2.10 bits per heavy atom. The van der Waals surface area contributed by atoms with Crippen LogP contribution >= 0.6 is 0 Å². The van der Waals surface area contributed by atoms with Crippen LogP contribution in [-0.2, 0) is 17.5 Å². The van der Waals surface area contributed by atoms with Gasteiger partial charge in [-0.3, -0.25) is 9.69 Å². The molecule has 0 fully saturated rings. The third kappa shape index (κ3) is 5.70. The summed E-state index contributed by atoms with van der Waals surface area (Å²) in [6.07, 6.45) is -4.52. The third-order valence-corrected chi connectivity index (χ3v) is 4.79. The summed E-state index contributed by atoms with van der Waals surface area (Å²) >= 11 is 0. The molecule has 3 aromatic rings. The van der Waals surface area contributed by atoms with E-state index in [2.05, 4.69) is 5.32 Å². The fourth-order valence-corrected chi connectivity index (χ4v) is 3.20. The maximum absolute atomic E-state index is 13.1. The van der Waals surface area contributed by atoms with Crippen molar-refractivity contribution in [2.24, 2.45) is 0 Å². The number of halogens is 3. The van der Waals surface area contributed by atoms with Crippen LogP contribution in [0.1, 0.15) is 18.1 Å². The molecule has 6 heteroatoms. The molecule has 0 saturated carbocycles. The molecule has 0 heterocycles. The van der Waals surface area contributed by atoms with E-state index in [0.717, 1.165) is 22.8 Å². The summed E-state index contributed by atoms with van der Waals surface area (Å²) in [6, 6.07) is 23.1. The molecule has 0 radical (unpaired) electrons. The first-order valence-electron chi connectivity index (χ1n) is 9.69. The number of alkyl halides is 3. The van der Waals surface area contributed by atoms with E-state index in [1.807, 2.05) is 66.4 Å². The van der Waals surface area contributed by atoms with E-state index in [0.29, 0.717) is 13.1 Å². The highest BCUT2D eigenvalue weighted by Gasteiger charge is 2.33. The summed E-state index contributed by atoms with van der Waals surface area (Å²) in [7, 11) is 0. The van der Waals surface area contributed by atoms with Gasteiger partial charge < -0.3 is 5.32 Å². The van der Waals surface area contributed by atoms with Crippen molar-refractivity contribution in [1.29, 1.82) is 0 Å². The maximum Gasteiger partial charge on any atom is 0.418 e. The van der Waals surface area contributed by atoms with E-state index in [9.17, 15) is 18.0 Å². The fourth-order valence-electron chi connectivity index (χ4n) is 3.20. The number of nitrogens with zero attached hydrogens (tertiary/aromatic N) is 1. The summed E-state index contributed by atoms with van der Waals surface area (Å²) in [4.78, 5) is 14.2. The molecule has 3 nitrogen and oxygen atoms in total. The zero-order valence-corrected chi connectivity index (χ0v) is 16.6. The highest BCUT2D eigenvalue weighted by Crippen LogP contribution is 2.34. The Hall–Kier alpha value is -3.12. The molecule has 1 amide bonds. The number of hydrogen-bond donors (Lipinski definition) is 1. The van der Waals surface area contributed by atoms with Gasteiger partial charge in [0.05, 0.1) is 17.8 Å². The van der Waals surface area contributed by atoms with Gasteiger partial charge in [0.1, 0.15) is 0 Å². The van der Waals surface area contributed by atoms with Gasteiger partial charge in [-0.15, -0.1) is 0 Å². The lowest BCUT2D eigenvalue weighted by atomic mass is 10.0. The van der Waals surface area contributed by atoms with E-state index in [1.165, 1.54) is 18.2 Å². The lowest BCUT2D eigenvalue weighted by molar-refractivity contribution is -0.137. The molecule has 0 aliphatic heterocycles. The minimum absolute atomic E-state index is 0.00310. The highest BCUT2D eigenvalue weighted by atomic mass is 19.4. The van der Waals surface area contributed by atoms with E-state index < -0.39 is 17.6 Å². The second kappa shape index (κ2) is 9.59. The molecule has 0 aliphatic carbocycles. The molecule has 0 aliphatic rings. The van der Waals surface area contributed by atoms with E-state index in [-0.39, 0.29) is 12.2 Å². The Bertz CT molecular complexity index is 970. The number of nitrogens with one attached hydrogen (secondary N) is 1. The van der Waals surface area contributed by atoms with Gasteiger partial charge in [-0.05, 0) is 35.4 Å². The second-order valence-corrected chi connectivity index (χ2v) is 6.96. The van der Waals surface area contributed by atoms with Crippen LogP contribution in [-0.4, -0.2) is 23.9 Å². The normalized spacial score (nSPS) is 11.5. The van der Waals surface area contributed by atoms with Crippen molar-refractivity contribution in [1.82, 2.24) is 4.90 Å². The van der Waals surface area contributed by atoms with Crippen LogP contribution in [0.4, 0.5) is 18.9 Å². The SMILES string of the molecule is CCN(CC(=O)Nc1ccccc1C(F)(F)F)Cc1ccc(-c2ccccc2)cc1. The van der Waals surface area contributed by atoms with E-state index in [4.69, 9.17) is 0 Å². The molecule has 30 heavy (non-hydrogen) atoms. The van der Waals surface area contributed by atoms with Gasteiger partial charge >= 0.3 is 6.18 Å². The number of rotatable bonds is 7. The molecule has 156 valence electrons. The smallest absolute Gasteiger partial charge is 0.324 e. The number of hydrogen-bond acceptors (Lipinski definition) is 2. The maximum atomic E-state index is 13.1. The fraction of sp³-hybridized carbons (Fsp3) is 0.208. The van der Waals surface area contributed by atoms with Crippen molar-refractivity contribution >= 4 is 11.6 Å². The van der Waals surface area contributed by atoms with Crippen molar-refractivity contribution in [3.8, 4) is 11.1 Å². The average molecular weight is 412 g/mol. The average Bonchev–Trinajstić information content (AvgIpc) is 2.74. The van der Waals surface area contributed by atoms with Crippen LogP contribution in [0.25, 0.3) is 11.1 Å². The minimum atomic E-state index is -4.52. The first-order valence-corrected chi connectivity index (χ1v) is 9.69. The number of amides is 1. The minimum Gasteiger partial charge on any atom is -0.324 e. The second-order valence-electron chi connectivity index (χ2n) is 6.96. The van der Waals surface area contributed by atoms with E-state index in [1.54, 1.807) is 0 Å². The Morgan fingerprint density at radius 1 is 0.867 bits per heavy atom. The van der Waals surface area contributed by atoms with Crippen LogP contribution in [0, 0.1) is 0 Å². The van der Waals surface area contributed by atoms with Gasteiger partial charge in [-0.1, -0.05) is 73.7 Å². The predicted molar refractivity (Wildman–Crippen MR) is 113 cm³/mol. The predicted octanol–water partition coefficient (Wildman–Crippen LogP) is 5.83. The first kappa shape index (κ1) is 21.6. The van der Waals surface area contributed by atoms with Crippen LogP contribution in [0.15, 0.2) is 78.9 Å². The number of benzene rings is 3. The van der Waals surface area contributed by atoms with Crippen LogP contribution in [0.2, 0.25) is 0 Å². The lowest BCUT2D eigenvalue weighted by Gasteiger charge is -2.21. The third-order valence-electron chi connectivity index (χ3n) is 4.79. The van der Waals surface area contributed by atoms with Crippen molar-refractivity contribution in [3.05, 3.63) is 90.0 Å². The molecule has 0 atom stereocenters. The largest absolute Gasteiger partial charge is 0.418 e. The monoisotopic (exact) mass is 412 g/mol. The Morgan fingerprint density at radius 2 is 1.47 bits per heavy atom. The Kier molecular flexibility index (Phi) is 6.90. The van der Waals surface area contributed by atoms with Gasteiger partial charge in [0.15, 0.2) is 0 Å². The Balaban J connectivity index is 1.63. The van der Waals surface area contributed by atoms with Crippen molar-refractivity contribution in [3.63, 3.8) is 0 Å². The van der Waals surface area contributed by atoms with Crippen LogP contribution in [0.3, 0.4) is 0 Å². The molecule has 0 bridgehead atoms. The van der Waals surface area contributed by atoms with Gasteiger partial charge in [0.25, 0.3) is 0 Å². The molecule has 0 spiro atoms. The molecule has 3 aromatic carbocycles. The first-order chi connectivity index (χ1) is 14.4. The summed E-state index contributed by atoms with van der Waals surface area (Å²) in [6.45, 7) is 3.03. The number of likely N-dealkylation sites (N-methyl/N-ethyl adjacent to an activating group) is 1. The molecule has 0 aromatic heterocycles. The standard InChI is InChI=1S/C24H23F3N2O/c1-2-29(16-18-12-14-20(15-13-18)19-8-4-3-5-9-19)17-23(30)28-22-11-7-6-10-21(22)24(25,26)27/h3-15H,2,16-17H2,1H3,(H,28,30). The molecule has 1 N–H and O–H groups in total. The molecular weight excluding hydrogens is 389 g/mol.